The summed E-state index contributed by atoms with van der Waals surface area (Å²) in [5, 5.41) is 14.3. The molecule has 0 radical (unpaired) electrons. The van der Waals surface area contributed by atoms with Crippen molar-refractivity contribution in [1.82, 2.24) is 24.9 Å². The van der Waals surface area contributed by atoms with Crippen molar-refractivity contribution < 1.29 is 4.52 Å². The first-order chi connectivity index (χ1) is 13.7. The first kappa shape index (κ1) is 18.7. The van der Waals surface area contributed by atoms with Crippen molar-refractivity contribution in [1.29, 1.82) is 0 Å². The van der Waals surface area contributed by atoms with Crippen LogP contribution in [-0.2, 0) is 12.3 Å². The molecule has 0 atom stereocenters. The Morgan fingerprint density at radius 1 is 1.07 bits per heavy atom. The van der Waals surface area contributed by atoms with Gasteiger partial charge in [0, 0.05) is 22.7 Å². The molecule has 28 heavy (non-hydrogen) atoms. The molecule has 142 valence electrons. The van der Waals surface area contributed by atoms with Gasteiger partial charge in [0.2, 0.25) is 11.7 Å². The molecule has 4 rings (SSSR count). The van der Waals surface area contributed by atoms with Crippen LogP contribution in [0.3, 0.4) is 0 Å². The summed E-state index contributed by atoms with van der Waals surface area (Å²) in [5.74, 6) is 2.48. The molecule has 8 heteroatoms. The predicted molar refractivity (Wildman–Crippen MR) is 110 cm³/mol. The van der Waals surface area contributed by atoms with Crippen LogP contribution in [0.1, 0.15) is 18.4 Å². The normalized spacial score (nSPS) is 11.1. The SMILES string of the molecule is CCn1c(SCc2nc(-c3ccc(Cl)cc3)no2)nnc1-c1ccccc1C. The average Bonchev–Trinajstić information content (AvgIpc) is 3.34. The Balaban J connectivity index is 1.52. The molecular weight excluding hydrogens is 394 g/mol. The zero-order valence-electron chi connectivity index (χ0n) is 15.5. The second-order valence-electron chi connectivity index (χ2n) is 6.17. The fourth-order valence-electron chi connectivity index (χ4n) is 2.86. The van der Waals surface area contributed by atoms with Gasteiger partial charge < -0.3 is 9.09 Å². The van der Waals surface area contributed by atoms with Gasteiger partial charge in [-0.3, -0.25) is 0 Å². The van der Waals surface area contributed by atoms with E-state index < -0.39 is 0 Å². The van der Waals surface area contributed by atoms with E-state index in [9.17, 15) is 0 Å². The molecular formula is C20H18ClN5OS. The second-order valence-corrected chi connectivity index (χ2v) is 7.55. The van der Waals surface area contributed by atoms with Crippen LogP contribution in [-0.4, -0.2) is 24.9 Å². The molecule has 0 spiro atoms. The monoisotopic (exact) mass is 411 g/mol. The van der Waals surface area contributed by atoms with E-state index in [2.05, 4.69) is 50.9 Å². The van der Waals surface area contributed by atoms with Crippen LogP contribution in [0.4, 0.5) is 0 Å². The van der Waals surface area contributed by atoms with Gasteiger partial charge >= 0.3 is 0 Å². The lowest BCUT2D eigenvalue weighted by molar-refractivity contribution is 0.391. The van der Waals surface area contributed by atoms with E-state index in [-0.39, 0.29) is 0 Å². The zero-order chi connectivity index (χ0) is 19.5. The maximum Gasteiger partial charge on any atom is 0.237 e. The summed E-state index contributed by atoms with van der Waals surface area (Å²) >= 11 is 7.45. The maximum atomic E-state index is 5.92. The van der Waals surface area contributed by atoms with Crippen molar-refractivity contribution in [3.63, 3.8) is 0 Å². The molecule has 2 aromatic heterocycles. The quantitative estimate of drug-likeness (QED) is 0.402. The van der Waals surface area contributed by atoms with Gasteiger partial charge in [0.25, 0.3) is 0 Å². The highest BCUT2D eigenvalue weighted by molar-refractivity contribution is 7.98. The number of thioether (sulfide) groups is 1. The maximum absolute atomic E-state index is 5.92. The fraction of sp³-hybridized carbons (Fsp3) is 0.200. The molecule has 0 saturated heterocycles. The summed E-state index contributed by atoms with van der Waals surface area (Å²) in [7, 11) is 0. The average molecular weight is 412 g/mol. The first-order valence-corrected chi connectivity index (χ1v) is 10.2. The van der Waals surface area contributed by atoms with Gasteiger partial charge in [-0.25, -0.2) is 0 Å². The molecule has 6 nitrogen and oxygen atoms in total. The molecule has 0 unspecified atom stereocenters. The van der Waals surface area contributed by atoms with Gasteiger partial charge in [0.05, 0.1) is 5.75 Å². The van der Waals surface area contributed by atoms with E-state index in [0.717, 1.165) is 28.7 Å². The number of aromatic nitrogens is 5. The summed E-state index contributed by atoms with van der Waals surface area (Å²) in [6.07, 6.45) is 0. The van der Waals surface area contributed by atoms with Crippen molar-refractivity contribution >= 4 is 23.4 Å². The van der Waals surface area contributed by atoms with Crippen LogP contribution in [0.2, 0.25) is 5.02 Å². The van der Waals surface area contributed by atoms with Crippen molar-refractivity contribution in [2.24, 2.45) is 0 Å². The van der Waals surface area contributed by atoms with Crippen molar-refractivity contribution in [3.05, 3.63) is 65.0 Å². The third-order valence-corrected chi connectivity index (χ3v) is 5.52. The second kappa shape index (κ2) is 8.16. The Hall–Kier alpha value is -2.64. The number of nitrogens with zero attached hydrogens (tertiary/aromatic N) is 5. The number of hydrogen-bond donors (Lipinski definition) is 0. The van der Waals surface area contributed by atoms with E-state index in [0.29, 0.717) is 22.5 Å². The number of halogens is 1. The smallest absolute Gasteiger partial charge is 0.237 e. The molecule has 0 N–H and O–H groups in total. The van der Waals surface area contributed by atoms with Gasteiger partial charge in [0.1, 0.15) is 0 Å². The summed E-state index contributed by atoms with van der Waals surface area (Å²) in [6.45, 7) is 4.94. The number of aryl methyl sites for hydroxylation is 1. The standard InChI is InChI=1S/C20H18ClN5OS/c1-3-26-19(16-7-5-4-6-13(16)2)23-24-20(26)28-12-17-22-18(25-27-17)14-8-10-15(21)11-9-14/h4-11H,3,12H2,1-2H3. The third kappa shape index (κ3) is 3.81. The minimum atomic E-state index is 0.520. The van der Waals surface area contributed by atoms with E-state index in [1.165, 1.54) is 17.3 Å². The Kier molecular flexibility index (Phi) is 5.45. The van der Waals surface area contributed by atoms with Crippen molar-refractivity contribution in [3.8, 4) is 22.8 Å². The predicted octanol–water partition coefficient (Wildman–Crippen LogP) is 5.27. The Labute approximate surface area is 172 Å². The Morgan fingerprint density at radius 3 is 2.61 bits per heavy atom. The van der Waals surface area contributed by atoms with Crippen molar-refractivity contribution in [2.45, 2.75) is 31.3 Å². The van der Waals surface area contributed by atoms with Gasteiger partial charge in [0.15, 0.2) is 11.0 Å². The van der Waals surface area contributed by atoms with Crippen LogP contribution in [0.5, 0.6) is 0 Å². The lowest BCUT2D eigenvalue weighted by atomic mass is 10.1. The summed E-state index contributed by atoms with van der Waals surface area (Å²) in [5.41, 5.74) is 3.13. The Morgan fingerprint density at radius 2 is 1.86 bits per heavy atom. The molecule has 0 fully saturated rings. The van der Waals surface area contributed by atoms with E-state index in [1.54, 1.807) is 12.1 Å². The van der Waals surface area contributed by atoms with Gasteiger partial charge in [-0.1, -0.05) is 52.8 Å². The molecule has 0 aliphatic carbocycles. The third-order valence-electron chi connectivity index (χ3n) is 4.31. The molecule has 0 saturated carbocycles. The van der Waals surface area contributed by atoms with Crippen molar-refractivity contribution in [2.75, 3.05) is 0 Å². The molecule has 0 aliphatic rings. The minimum Gasteiger partial charge on any atom is -0.338 e. The number of hydrogen-bond acceptors (Lipinski definition) is 6. The first-order valence-electron chi connectivity index (χ1n) is 8.86. The number of rotatable bonds is 6. The van der Waals surface area contributed by atoms with Gasteiger partial charge in [-0.2, -0.15) is 4.98 Å². The summed E-state index contributed by atoms with van der Waals surface area (Å²) in [4.78, 5) is 4.46. The largest absolute Gasteiger partial charge is 0.338 e. The zero-order valence-corrected chi connectivity index (χ0v) is 17.0. The van der Waals surface area contributed by atoms with E-state index >= 15 is 0 Å². The van der Waals surface area contributed by atoms with Crippen LogP contribution < -0.4 is 0 Å². The van der Waals surface area contributed by atoms with Crippen LogP contribution in [0, 0.1) is 6.92 Å². The fourth-order valence-corrected chi connectivity index (χ4v) is 3.83. The van der Waals surface area contributed by atoms with Gasteiger partial charge in [-0.05, 0) is 43.7 Å². The molecule has 0 bridgehead atoms. The molecule has 0 aliphatic heterocycles. The summed E-state index contributed by atoms with van der Waals surface area (Å²) in [6, 6.07) is 15.5. The topological polar surface area (TPSA) is 69.6 Å². The Bertz CT molecular complexity index is 1090. The highest BCUT2D eigenvalue weighted by atomic mass is 35.5. The lowest BCUT2D eigenvalue weighted by Gasteiger charge is -2.08. The molecule has 2 heterocycles. The minimum absolute atomic E-state index is 0.520. The lowest BCUT2D eigenvalue weighted by Crippen LogP contribution is -2.00. The highest BCUT2D eigenvalue weighted by Gasteiger charge is 2.16. The number of benzene rings is 2. The van der Waals surface area contributed by atoms with Gasteiger partial charge in [-0.15, -0.1) is 10.2 Å². The highest BCUT2D eigenvalue weighted by Crippen LogP contribution is 2.28. The molecule has 4 aromatic rings. The summed E-state index contributed by atoms with van der Waals surface area (Å²) < 4.78 is 7.48. The molecule has 2 aromatic carbocycles. The van der Waals surface area contributed by atoms with Crippen LogP contribution in [0.15, 0.2) is 58.2 Å². The van der Waals surface area contributed by atoms with E-state index in [1.807, 2.05) is 24.3 Å². The molecule has 0 amide bonds. The van der Waals surface area contributed by atoms with E-state index in [4.69, 9.17) is 16.1 Å². The van der Waals surface area contributed by atoms with Crippen LogP contribution in [0.25, 0.3) is 22.8 Å². The van der Waals surface area contributed by atoms with Crippen LogP contribution >= 0.6 is 23.4 Å².